The van der Waals surface area contributed by atoms with Crippen molar-refractivity contribution in [2.75, 3.05) is 0 Å². The Labute approximate surface area is 113 Å². The van der Waals surface area contributed by atoms with Crippen LogP contribution < -0.4 is 0 Å². The number of para-hydroxylation sites is 1. The molecule has 0 aliphatic carbocycles. The van der Waals surface area contributed by atoms with Crippen molar-refractivity contribution in [3.8, 4) is 17.0 Å². The number of pyridine rings is 1. The zero-order valence-electron chi connectivity index (χ0n) is 9.47. The molecule has 3 aromatic rings. The lowest BCUT2D eigenvalue weighted by atomic mass is 10.1. The fourth-order valence-corrected chi connectivity index (χ4v) is 2.48. The maximum absolute atomic E-state index is 10.2. The summed E-state index contributed by atoms with van der Waals surface area (Å²) < 4.78 is 0.687. The van der Waals surface area contributed by atoms with Gasteiger partial charge in [-0.3, -0.25) is 0 Å². The summed E-state index contributed by atoms with van der Waals surface area (Å²) in [4.78, 5) is 4.53. The van der Waals surface area contributed by atoms with Gasteiger partial charge in [-0.15, -0.1) is 0 Å². The van der Waals surface area contributed by atoms with Crippen molar-refractivity contribution < 1.29 is 5.11 Å². The fourth-order valence-electron chi connectivity index (χ4n) is 1.96. The van der Waals surface area contributed by atoms with Crippen LogP contribution in [0.2, 0.25) is 0 Å². The summed E-state index contributed by atoms with van der Waals surface area (Å²) in [5, 5.41) is 11.2. The highest BCUT2D eigenvalue weighted by atomic mass is 79.9. The molecule has 2 nitrogen and oxygen atoms in total. The Bertz CT molecular complexity index is 710. The molecular weight excluding hydrogens is 290 g/mol. The van der Waals surface area contributed by atoms with Crippen molar-refractivity contribution in [2.24, 2.45) is 0 Å². The minimum Gasteiger partial charge on any atom is -0.505 e. The van der Waals surface area contributed by atoms with E-state index >= 15 is 0 Å². The lowest BCUT2D eigenvalue weighted by Crippen LogP contribution is -1.88. The normalized spacial score (nSPS) is 10.7. The van der Waals surface area contributed by atoms with Crippen LogP contribution in [0.1, 0.15) is 0 Å². The molecule has 0 saturated carbocycles. The number of benzene rings is 2. The number of hydrogen-bond donors (Lipinski definition) is 1. The van der Waals surface area contributed by atoms with Crippen LogP contribution in [0.15, 0.2) is 59.1 Å². The van der Waals surface area contributed by atoms with Gasteiger partial charge in [-0.1, -0.05) is 48.5 Å². The predicted octanol–water partition coefficient (Wildman–Crippen LogP) is 4.37. The molecular formula is C15H10BrNO. The Kier molecular flexibility index (Phi) is 2.76. The molecule has 0 amide bonds. The van der Waals surface area contributed by atoms with Crippen LogP contribution in [0.5, 0.6) is 5.75 Å². The van der Waals surface area contributed by atoms with Gasteiger partial charge >= 0.3 is 0 Å². The second-order valence-electron chi connectivity index (χ2n) is 4.01. The van der Waals surface area contributed by atoms with E-state index in [0.717, 1.165) is 16.5 Å². The highest BCUT2D eigenvalue weighted by Gasteiger charge is 2.13. The smallest absolute Gasteiger partial charge is 0.156 e. The van der Waals surface area contributed by atoms with E-state index in [1.54, 1.807) is 0 Å². The third-order valence-electron chi connectivity index (χ3n) is 2.85. The van der Waals surface area contributed by atoms with Crippen LogP contribution in [-0.4, -0.2) is 10.1 Å². The summed E-state index contributed by atoms with van der Waals surface area (Å²) in [6.45, 7) is 0. The standard InChI is InChI=1S/C15H10BrNO/c16-13-11-8-4-5-9-12(11)17-14(15(13)18)10-6-2-1-3-7-10/h1-9,18H. The van der Waals surface area contributed by atoms with Crippen molar-refractivity contribution in [1.82, 2.24) is 4.98 Å². The molecule has 18 heavy (non-hydrogen) atoms. The minimum absolute atomic E-state index is 0.180. The molecule has 0 fully saturated rings. The van der Waals surface area contributed by atoms with Crippen LogP contribution in [0.25, 0.3) is 22.2 Å². The average molecular weight is 300 g/mol. The lowest BCUT2D eigenvalue weighted by Gasteiger charge is -2.09. The maximum atomic E-state index is 10.2. The number of halogens is 1. The van der Waals surface area contributed by atoms with E-state index in [4.69, 9.17) is 0 Å². The molecule has 1 aromatic heterocycles. The van der Waals surface area contributed by atoms with Gasteiger partial charge in [0.25, 0.3) is 0 Å². The zero-order valence-corrected chi connectivity index (χ0v) is 11.1. The Morgan fingerprint density at radius 3 is 2.33 bits per heavy atom. The van der Waals surface area contributed by atoms with Gasteiger partial charge in [0, 0.05) is 10.9 Å². The maximum Gasteiger partial charge on any atom is 0.156 e. The van der Waals surface area contributed by atoms with Crippen LogP contribution in [-0.2, 0) is 0 Å². The summed E-state index contributed by atoms with van der Waals surface area (Å²) in [5.74, 6) is 0.180. The number of nitrogens with zero attached hydrogens (tertiary/aromatic N) is 1. The number of aromatic hydroxyl groups is 1. The number of aromatic nitrogens is 1. The number of hydrogen-bond acceptors (Lipinski definition) is 2. The Balaban J connectivity index is 2.34. The van der Waals surface area contributed by atoms with E-state index < -0.39 is 0 Å². The topological polar surface area (TPSA) is 33.1 Å². The van der Waals surface area contributed by atoms with E-state index in [-0.39, 0.29) is 5.75 Å². The van der Waals surface area contributed by atoms with Gasteiger partial charge in [0.2, 0.25) is 0 Å². The lowest BCUT2D eigenvalue weighted by molar-refractivity contribution is 0.473. The molecule has 0 unspecified atom stereocenters. The monoisotopic (exact) mass is 299 g/mol. The quantitative estimate of drug-likeness (QED) is 0.724. The molecule has 1 heterocycles. The molecule has 1 N–H and O–H groups in total. The van der Waals surface area contributed by atoms with Gasteiger partial charge in [-0.2, -0.15) is 0 Å². The molecule has 0 atom stereocenters. The van der Waals surface area contributed by atoms with E-state index in [1.165, 1.54) is 0 Å². The molecule has 0 spiro atoms. The molecule has 0 aliphatic rings. The molecule has 88 valence electrons. The van der Waals surface area contributed by atoms with E-state index in [2.05, 4.69) is 20.9 Å². The van der Waals surface area contributed by atoms with Gasteiger partial charge in [0.1, 0.15) is 5.69 Å². The van der Waals surface area contributed by atoms with E-state index in [9.17, 15) is 5.11 Å². The van der Waals surface area contributed by atoms with Crippen molar-refractivity contribution in [2.45, 2.75) is 0 Å². The van der Waals surface area contributed by atoms with E-state index in [0.29, 0.717) is 10.2 Å². The fraction of sp³-hybridized carbons (Fsp3) is 0. The average Bonchev–Trinajstić information content (AvgIpc) is 2.44. The van der Waals surface area contributed by atoms with Crippen LogP contribution in [0.3, 0.4) is 0 Å². The van der Waals surface area contributed by atoms with Crippen molar-refractivity contribution >= 4 is 26.8 Å². The number of fused-ring (bicyclic) bond motifs is 1. The SMILES string of the molecule is Oc1c(-c2ccccc2)nc2ccccc2c1Br. The van der Waals surface area contributed by atoms with Crippen LogP contribution >= 0.6 is 15.9 Å². The summed E-state index contributed by atoms with van der Waals surface area (Å²) >= 11 is 3.44. The van der Waals surface area contributed by atoms with Gasteiger partial charge in [-0.05, 0) is 22.0 Å². The molecule has 3 heteroatoms. The number of rotatable bonds is 1. The highest BCUT2D eigenvalue weighted by molar-refractivity contribution is 9.10. The molecule has 0 aliphatic heterocycles. The molecule has 2 aromatic carbocycles. The van der Waals surface area contributed by atoms with Crippen LogP contribution in [0.4, 0.5) is 0 Å². The predicted molar refractivity (Wildman–Crippen MR) is 76.5 cm³/mol. The van der Waals surface area contributed by atoms with Gasteiger partial charge in [0.05, 0.1) is 9.99 Å². The largest absolute Gasteiger partial charge is 0.505 e. The summed E-state index contributed by atoms with van der Waals surface area (Å²) in [6.07, 6.45) is 0. The Morgan fingerprint density at radius 2 is 1.56 bits per heavy atom. The van der Waals surface area contributed by atoms with Crippen molar-refractivity contribution in [1.29, 1.82) is 0 Å². The first kappa shape index (κ1) is 11.2. The summed E-state index contributed by atoms with van der Waals surface area (Å²) in [5.41, 5.74) is 2.36. The van der Waals surface area contributed by atoms with Gasteiger partial charge < -0.3 is 5.11 Å². The summed E-state index contributed by atoms with van der Waals surface area (Å²) in [7, 11) is 0. The summed E-state index contributed by atoms with van der Waals surface area (Å²) in [6, 6.07) is 17.4. The first-order valence-electron chi connectivity index (χ1n) is 5.60. The Hall–Kier alpha value is -1.87. The zero-order chi connectivity index (χ0) is 12.5. The van der Waals surface area contributed by atoms with Crippen molar-refractivity contribution in [3.05, 3.63) is 59.1 Å². The third kappa shape index (κ3) is 1.77. The molecule has 0 radical (unpaired) electrons. The van der Waals surface area contributed by atoms with E-state index in [1.807, 2.05) is 54.6 Å². The molecule has 3 rings (SSSR count). The Morgan fingerprint density at radius 1 is 0.889 bits per heavy atom. The van der Waals surface area contributed by atoms with Crippen LogP contribution in [0, 0.1) is 0 Å². The highest BCUT2D eigenvalue weighted by Crippen LogP contribution is 2.38. The second-order valence-corrected chi connectivity index (χ2v) is 4.80. The van der Waals surface area contributed by atoms with Gasteiger partial charge in [-0.25, -0.2) is 4.98 Å². The first-order chi connectivity index (χ1) is 8.77. The first-order valence-corrected chi connectivity index (χ1v) is 6.39. The van der Waals surface area contributed by atoms with Crippen molar-refractivity contribution in [3.63, 3.8) is 0 Å². The molecule has 0 bridgehead atoms. The minimum atomic E-state index is 0.180. The second kappa shape index (κ2) is 4.42. The van der Waals surface area contributed by atoms with Gasteiger partial charge in [0.15, 0.2) is 5.75 Å². The third-order valence-corrected chi connectivity index (χ3v) is 3.65. The molecule has 0 saturated heterocycles.